The molecule has 2 heterocycles. The smallest absolute Gasteiger partial charge is 0.105 e. The maximum Gasteiger partial charge on any atom is 0.105 e. The zero-order valence-electron chi connectivity index (χ0n) is 15.2. The molecule has 3 nitrogen and oxygen atoms in total. The molecule has 0 bridgehead atoms. The highest BCUT2D eigenvalue weighted by atomic mass is 32.2. The summed E-state index contributed by atoms with van der Waals surface area (Å²) in [5.74, 6) is 0.981. The number of aromatic nitrogens is 2. The molecular weight excluding hydrogens is 350 g/mol. The van der Waals surface area contributed by atoms with Crippen molar-refractivity contribution in [1.29, 1.82) is 0 Å². The van der Waals surface area contributed by atoms with Crippen molar-refractivity contribution >= 4 is 22.7 Å². The molecule has 4 heteroatoms. The quantitative estimate of drug-likeness (QED) is 0.468. The van der Waals surface area contributed by atoms with Crippen LogP contribution in [0.15, 0.2) is 78.0 Å². The molecule has 4 rings (SSSR count). The molecule has 2 aromatic heterocycles. The predicted octanol–water partition coefficient (Wildman–Crippen LogP) is 5.53. The molecule has 0 aliphatic rings. The van der Waals surface area contributed by atoms with Crippen molar-refractivity contribution in [2.75, 3.05) is 5.75 Å². The fourth-order valence-electron chi connectivity index (χ4n) is 3.18. The Bertz CT molecular complexity index is 1060. The molecule has 0 saturated carbocycles. The second-order valence-electron chi connectivity index (χ2n) is 6.27. The van der Waals surface area contributed by atoms with Crippen LogP contribution in [0.1, 0.15) is 12.5 Å². The number of fused-ring (bicyclic) bond motifs is 1. The third kappa shape index (κ3) is 3.59. The van der Waals surface area contributed by atoms with E-state index >= 15 is 0 Å². The zero-order chi connectivity index (χ0) is 18.6. The molecule has 2 aromatic carbocycles. The summed E-state index contributed by atoms with van der Waals surface area (Å²) in [5, 5.41) is 2.13. The van der Waals surface area contributed by atoms with Crippen LogP contribution in [0, 0.1) is 0 Å². The molecule has 0 aliphatic heterocycles. The van der Waals surface area contributed by atoms with Crippen molar-refractivity contribution < 1.29 is 0 Å². The third-order valence-electron chi connectivity index (χ3n) is 4.54. The van der Waals surface area contributed by atoms with Crippen molar-refractivity contribution in [3.63, 3.8) is 0 Å². The number of thioether (sulfide) groups is 1. The lowest BCUT2D eigenvalue weighted by Crippen LogP contribution is -1.97. The molecule has 4 aromatic rings. The number of pyridine rings is 2. The highest BCUT2D eigenvalue weighted by Gasteiger charge is 2.14. The van der Waals surface area contributed by atoms with Crippen LogP contribution in [0.5, 0.6) is 0 Å². The first-order valence-electron chi connectivity index (χ1n) is 9.07. The van der Waals surface area contributed by atoms with Gasteiger partial charge in [-0.3, -0.25) is 0 Å². The summed E-state index contributed by atoms with van der Waals surface area (Å²) in [7, 11) is 0. The first-order valence-corrected chi connectivity index (χ1v) is 10.1. The lowest BCUT2D eigenvalue weighted by atomic mass is 9.97. The summed E-state index contributed by atoms with van der Waals surface area (Å²) in [6.45, 7) is 2.68. The topological polar surface area (TPSA) is 51.8 Å². The van der Waals surface area contributed by atoms with E-state index in [1.165, 1.54) is 0 Å². The van der Waals surface area contributed by atoms with Gasteiger partial charge in [0.25, 0.3) is 0 Å². The van der Waals surface area contributed by atoms with Gasteiger partial charge in [0.15, 0.2) is 0 Å². The van der Waals surface area contributed by atoms with Crippen molar-refractivity contribution in [2.24, 2.45) is 5.73 Å². The second-order valence-corrected chi connectivity index (χ2v) is 7.52. The Hall–Kier alpha value is -2.69. The van der Waals surface area contributed by atoms with Crippen molar-refractivity contribution in [3.05, 3.63) is 78.5 Å². The van der Waals surface area contributed by atoms with E-state index in [1.807, 2.05) is 18.3 Å². The lowest BCUT2D eigenvalue weighted by Gasteiger charge is -2.13. The number of nitrogens with two attached hydrogens (primary N) is 1. The Labute approximate surface area is 163 Å². The molecule has 0 atom stereocenters. The third-order valence-corrected chi connectivity index (χ3v) is 5.42. The van der Waals surface area contributed by atoms with Gasteiger partial charge in [-0.1, -0.05) is 61.5 Å². The average molecular weight is 372 g/mol. The van der Waals surface area contributed by atoms with Crippen LogP contribution < -0.4 is 5.73 Å². The van der Waals surface area contributed by atoms with Gasteiger partial charge in [-0.25, -0.2) is 9.97 Å². The van der Waals surface area contributed by atoms with Crippen LogP contribution in [0.2, 0.25) is 0 Å². The van der Waals surface area contributed by atoms with Gasteiger partial charge in [0, 0.05) is 29.3 Å². The zero-order valence-corrected chi connectivity index (χ0v) is 16.0. The number of hydrogen-bond donors (Lipinski definition) is 1. The maximum atomic E-state index is 5.75. The van der Waals surface area contributed by atoms with Crippen molar-refractivity contribution in [3.8, 4) is 22.4 Å². The van der Waals surface area contributed by atoms with Crippen LogP contribution in [0.25, 0.3) is 33.3 Å². The molecule has 134 valence electrons. The minimum Gasteiger partial charge on any atom is -0.326 e. The number of nitrogens with zero attached hydrogens (tertiary/aromatic N) is 2. The van der Waals surface area contributed by atoms with E-state index in [-0.39, 0.29) is 0 Å². The molecule has 0 aliphatic carbocycles. The van der Waals surface area contributed by atoms with E-state index in [4.69, 9.17) is 10.7 Å². The minimum atomic E-state index is 0.542. The maximum absolute atomic E-state index is 5.75. The Balaban J connectivity index is 1.98. The highest BCUT2D eigenvalue weighted by Crippen LogP contribution is 2.35. The number of hydrogen-bond acceptors (Lipinski definition) is 4. The largest absolute Gasteiger partial charge is 0.326 e. The second kappa shape index (κ2) is 7.91. The first-order chi connectivity index (χ1) is 13.3. The van der Waals surface area contributed by atoms with E-state index in [2.05, 4.69) is 66.5 Å². The number of rotatable bonds is 5. The van der Waals surface area contributed by atoms with Gasteiger partial charge < -0.3 is 5.73 Å². The minimum absolute atomic E-state index is 0.542. The van der Waals surface area contributed by atoms with E-state index in [0.29, 0.717) is 6.54 Å². The molecule has 0 saturated heterocycles. The van der Waals surface area contributed by atoms with Crippen LogP contribution in [-0.4, -0.2) is 15.7 Å². The first kappa shape index (κ1) is 17.7. The van der Waals surface area contributed by atoms with Gasteiger partial charge in [-0.15, -0.1) is 11.8 Å². The fourth-order valence-corrected chi connectivity index (χ4v) is 3.91. The molecule has 0 radical (unpaired) electrons. The fraction of sp³-hybridized carbons (Fsp3) is 0.130. The standard InChI is InChI=1S/C23H21N3S/c1-2-27-23-20-14-19(17-6-4-3-5-7-17)22(26-21(20)12-13-25-23)18-10-8-16(15-24)9-11-18/h3-14H,2,15,24H2,1H3. The SMILES string of the molecule is CCSc1nccc2nc(-c3ccc(CN)cc3)c(-c3ccccc3)cc12. The molecule has 2 N–H and O–H groups in total. The van der Waals surface area contributed by atoms with Gasteiger partial charge >= 0.3 is 0 Å². The normalized spacial score (nSPS) is 11.0. The molecule has 0 amide bonds. The van der Waals surface area contributed by atoms with Crippen LogP contribution in [-0.2, 0) is 6.54 Å². The summed E-state index contributed by atoms with van der Waals surface area (Å²) in [6.07, 6.45) is 1.84. The lowest BCUT2D eigenvalue weighted by molar-refractivity contribution is 1.07. The van der Waals surface area contributed by atoms with E-state index in [0.717, 1.165) is 49.6 Å². The van der Waals surface area contributed by atoms with E-state index in [9.17, 15) is 0 Å². The van der Waals surface area contributed by atoms with Crippen LogP contribution in [0.3, 0.4) is 0 Å². The average Bonchev–Trinajstić information content (AvgIpc) is 2.74. The Morgan fingerprint density at radius 2 is 1.70 bits per heavy atom. The van der Waals surface area contributed by atoms with Crippen LogP contribution in [0.4, 0.5) is 0 Å². The van der Waals surface area contributed by atoms with Crippen molar-refractivity contribution in [2.45, 2.75) is 18.5 Å². The summed E-state index contributed by atoms with van der Waals surface area (Å²) in [6, 6.07) is 23.0. The predicted molar refractivity (Wildman–Crippen MR) is 115 cm³/mol. The molecular formula is C23H21N3S. The van der Waals surface area contributed by atoms with E-state index < -0.39 is 0 Å². The highest BCUT2D eigenvalue weighted by molar-refractivity contribution is 7.99. The van der Waals surface area contributed by atoms with Crippen molar-refractivity contribution in [1.82, 2.24) is 9.97 Å². The summed E-state index contributed by atoms with van der Waals surface area (Å²) in [5.41, 5.74) is 12.2. The summed E-state index contributed by atoms with van der Waals surface area (Å²) < 4.78 is 0. The molecule has 27 heavy (non-hydrogen) atoms. The Kier molecular flexibility index (Phi) is 5.19. The van der Waals surface area contributed by atoms with Gasteiger partial charge in [0.2, 0.25) is 0 Å². The van der Waals surface area contributed by atoms with E-state index in [1.54, 1.807) is 11.8 Å². The van der Waals surface area contributed by atoms with Crippen LogP contribution >= 0.6 is 11.8 Å². The Morgan fingerprint density at radius 3 is 2.41 bits per heavy atom. The van der Waals surface area contributed by atoms with Gasteiger partial charge in [-0.2, -0.15) is 0 Å². The molecule has 0 spiro atoms. The Morgan fingerprint density at radius 1 is 0.926 bits per heavy atom. The monoisotopic (exact) mass is 371 g/mol. The van der Waals surface area contributed by atoms with Gasteiger partial charge in [-0.05, 0) is 29.0 Å². The molecule has 0 unspecified atom stereocenters. The summed E-state index contributed by atoms with van der Waals surface area (Å²) in [4.78, 5) is 9.60. The molecule has 0 fully saturated rings. The summed E-state index contributed by atoms with van der Waals surface area (Å²) >= 11 is 1.75. The van der Waals surface area contributed by atoms with Gasteiger partial charge in [0.1, 0.15) is 5.03 Å². The number of benzene rings is 2. The van der Waals surface area contributed by atoms with Gasteiger partial charge in [0.05, 0.1) is 11.2 Å².